The number of likely N-dealkylation sites (tertiary alicyclic amines) is 1. The molecule has 0 aromatic carbocycles. The molecule has 0 bridgehead atoms. The highest BCUT2D eigenvalue weighted by Gasteiger charge is 2.46. The molecule has 0 radical (unpaired) electrons. The van der Waals surface area contributed by atoms with Gasteiger partial charge in [-0.1, -0.05) is 19.1 Å². The molecular weight excluding hydrogens is 566 g/mol. The maximum Gasteiger partial charge on any atom is 0.252 e. The number of allylic oxidation sites excluding steroid dienone is 2. The molecule has 5 heterocycles. The van der Waals surface area contributed by atoms with E-state index < -0.39 is 0 Å². The molecule has 3 aliphatic heterocycles. The Morgan fingerprint density at radius 1 is 1.27 bits per heavy atom. The molecule has 10 heteroatoms. The Balaban J connectivity index is 1.17. The molecule has 2 fully saturated rings. The summed E-state index contributed by atoms with van der Waals surface area (Å²) in [6.07, 6.45) is 18.6. The van der Waals surface area contributed by atoms with Crippen LogP contribution >= 0.6 is 0 Å². The lowest BCUT2D eigenvalue weighted by Crippen LogP contribution is -2.59. The van der Waals surface area contributed by atoms with Crippen LogP contribution in [0.4, 0.5) is 5.69 Å². The minimum atomic E-state index is -0.188. The van der Waals surface area contributed by atoms with Gasteiger partial charge in [0.25, 0.3) is 11.8 Å². The van der Waals surface area contributed by atoms with Gasteiger partial charge in [0.1, 0.15) is 12.1 Å². The summed E-state index contributed by atoms with van der Waals surface area (Å²) in [5, 5.41) is 10.4. The number of carbonyl (C=O) groups excluding carboxylic acids is 2. The van der Waals surface area contributed by atoms with Crippen molar-refractivity contribution in [3.05, 3.63) is 71.4 Å². The number of amides is 2. The van der Waals surface area contributed by atoms with Crippen LogP contribution in [0.5, 0.6) is 0 Å². The summed E-state index contributed by atoms with van der Waals surface area (Å²) >= 11 is 0. The summed E-state index contributed by atoms with van der Waals surface area (Å²) in [7, 11) is 4.25. The number of hydrogen-bond acceptors (Lipinski definition) is 6. The van der Waals surface area contributed by atoms with Crippen molar-refractivity contribution >= 4 is 23.1 Å². The molecule has 3 unspecified atom stereocenters. The van der Waals surface area contributed by atoms with E-state index in [1.165, 1.54) is 18.4 Å². The molecule has 3 atom stereocenters. The van der Waals surface area contributed by atoms with Crippen LogP contribution in [0.1, 0.15) is 68.1 Å². The minimum absolute atomic E-state index is 0.180. The molecule has 2 N–H and O–H groups in total. The van der Waals surface area contributed by atoms with E-state index in [1.54, 1.807) is 12.3 Å². The van der Waals surface area contributed by atoms with Crippen molar-refractivity contribution in [1.29, 1.82) is 0 Å². The molecule has 0 aliphatic carbocycles. The van der Waals surface area contributed by atoms with E-state index in [1.807, 2.05) is 37.8 Å². The SMILES string of the molecule is CCC1C=CC(c2cnn(C)c2)=CC(C)[N+]1(C)CCC=C(C)C(=O)Nc1cc(C(=O)NCCN2CCCC23COC3)cnc1C. The van der Waals surface area contributed by atoms with Crippen molar-refractivity contribution in [3.63, 3.8) is 0 Å². The van der Waals surface area contributed by atoms with Gasteiger partial charge in [-0.05, 0) is 63.9 Å². The van der Waals surface area contributed by atoms with E-state index >= 15 is 0 Å². The highest BCUT2D eigenvalue weighted by molar-refractivity contribution is 6.04. The molecule has 10 nitrogen and oxygen atoms in total. The maximum absolute atomic E-state index is 13.2. The molecule has 2 aromatic heterocycles. The van der Waals surface area contributed by atoms with Gasteiger partial charge in [0.05, 0.1) is 55.5 Å². The Kier molecular flexibility index (Phi) is 10.1. The molecule has 5 rings (SSSR count). The number of pyridine rings is 1. The van der Waals surface area contributed by atoms with Gasteiger partial charge in [-0.25, -0.2) is 0 Å². The molecule has 45 heavy (non-hydrogen) atoms. The Morgan fingerprint density at radius 2 is 2.07 bits per heavy atom. The third-order valence-electron chi connectivity index (χ3n) is 10.2. The van der Waals surface area contributed by atoms with Gasteiger partial charge in [-0.2, -0.15) is 5.10 Å². The lowest BCUT2D eigenvalue weighted by Gasteiger charge is -2.45. The Bertz CT molecular complexity index is 1490. The summed E-state index contributed by atoms with van der Waals surface area (Å²) in [6, 6.07) is 2.36. The van der Waals surface area contributed by atoms with Crippen LogP contribution in [0.2, 0.25) is 0 Å². The second-order valence-corrected chi connectivity index (χ2v) is 13.2. The quantitative estimate of drug-likeness (QED) is 0.289. The smallest absolute Gasteiger partial charge is 0.252 e. The van der Waals surface area contributed by atoms with Gasteiger partial charge in [0, 0.05) is 56.5 Å². The normalized spacial score (nSPS) is 24.7. The molecule has 1 spiro atoms. The van der Waals surface area contributed by atoms with Crippen molar-refractivity contribution in [2.24, 2.45) is 7.05 Å². The number of carbonyl (C=O) groups is 2. The van der Waals surface area contributed by atoms with Gasteiger partial charge >= 0.3 is 0 Å². The van der Waals surface area contributed by atoms with E-state index in [9.17, 15) is 9.59 Å². The van der Waals surface area contributed by atoms with Crippen molar-refractivity contribution < 1.29 is 18.8 Å². The zero-order valence-electron chi connectivity index (χ0n) is 27.8. The number of aryl methyl sites for hydroxylation is 2. The number of ether oxygens (including phenoxy) is 1. The second kappa shape index (κ2) is 13.8. The standard InChI is InChI=1S/C35H49N7O3/c1-7-31-12-11-28(30-21-38-40(5)22-30)18-26(3)42(31,6)17-8-10-25(2)33(43)39-32-19-29(20-37-27(32)4)34(44)36-14-16-41-15-9-13-35(41)23-45-24-35/h10-12,18-22,26,31H,7-9,13-17,23-24H2,1-6H3,(H-,36,39,43,44)/p+1. The number of aromatic nitrogens is 3. The zero-order valence-corrected chi connectivity index (χ0v) is 27.8. The highest BCUT2D eigenvalue weighted by atomic mass is 16.5. The summed E-state index contributed by atoms with van der Waals surface area (Å²) in [5.74, 6) is -0.371. The average Bonchev–Trinajstić information content (AvgIpc) is 3.61. The van der Waals surface area contributed by atoms with Crippen LogP contribution in [0.3, 0.4) is 0 Å². The summed E-state index contributed by atoms with van der Waals surface area (Å²) in [6.45, 7) is 13.1. The fourth-order valence-electron chi connectivity index (χ4n) is 6.96. The van der Waals surface area contributed by atoms with E-state index in [4.69, 9.17) is 4.74 Å². The molecule has 242 valence electrons. The fourth-order valence-corrected chi connectivity index (χ4v) is 6.96. The number of anilines is 1. The van der Waals surface area contributed by atoms with E-state index in [2.05, 4.69) is 70.9 Å². The number of nitrogens with one attached hydrogen (secondary N) is 2. The van der Waals surface area contributed by atoms with Gasteiger partial charge in [0.15, 0.2) is 0 Å². The molecule has 2 aromatic rings. The highest BCUT2D eigenvalue weighted by Crippen LogP contribution is 2.35. The third kappa shape index (κ3) is 7.13. The molecule has 2 amide bonds. The zero-order chi connectivity index (χ0) is 32.2. The van der Waals surface area contributed by atoms with E-state index in [0.29, 0.717) is 35.1 Å². The summed E-state index contributed by atoms with van der Waals surface area (Å²) in [4.78, 5) is 33.0. The van der Waals surface area contributed by atoms with Gasteiger partial charge in [-0.15, -0.1) is 0 Å². The Labute approximate surface area is 267 Å². The topological polar surface area (TPSA) is 101 Å². The number of nitrogens with zero attached hydrogens (tertiary/aromatic N) is 5. The van der Waals surface area contributed by atoms with Crippen LogP contribution in [-0.4, -0.2) is 100 Å². The first-order chi connectivity index (χ1) is 21.5. The molecule has 3 aliphatic rings. The van der Waals surface area contributed by atoms with Crippen molar-refractivity contribution in [3.8, 4) is 0 Å². The van der Waals surface area contributed by atoms with Crippen LogP contribution in [0.15, 0.2) is 54.5 Å². The van der Waals surface area contributed by atoms with Gasteiger partial charge in [0.2, 0.25) is 0 Å². The number of hydrogen-bond donors (Lipinski definition) is 2. The summed E-state index contributed by atoms with van der Waals surface area (Å²) in [5.41, 5.74) is 4.81. The van der Waals surface area contributed by atoms with Crippen molar-refractivity contribution in [1.82, 2.24) is 25.0 Å². The van der Waals surface area contributed by atoms with E-state index in [-0.39, 0.29) is 23.4 Å². The average molecular weight is 617 g/mol. The molecule has 0 saturated carbocycles. The molecular formula is C35H50N7O3+. The Morgan fingerprint density at radius 3 is 2.76 bits per heavy atom. The van der Waals surface area contributed by atoms with Crippen LogP contribution in [0.25, 0.3) is 5.57 Å². The molecule has 2 saturated heterocycles. The predicted octanol–water partition coefficient (Wildman–Crippen LogP) is 4.26. The maximum atomic E-state index is 13.2. The van der Waals surface area contributed by atoms with Gasteiger partial charge < -0.3 is 19.9 Å². The number of quaternary nitrogens is 1. The van der Waals surface area contributed by atoms with Crippen molar-refractivity contribution in [2.45, 2.75) is 71.0 Å². The minimum Gasteiger partial charge on any atom is -0.377 e. The monoisotopic (exact) mass is 616 g/mol. The third-order valence-corrected chi connectivity index (χ3v) is 10.2. The van der Waals surface area contributed by atoms with Crippen molar-refractivity contribution in [2.75, 3.05) is 51.8 Å². The lowest BCUT2D eigenvalue weighted by atomic mass is 9.94. The van der Waals surface area contributed by atoms with Crippen LogP contribution < -0.4 is 10.6 Å². The van der Waals surface area contributed by atoms with Crippen LogP contribution in [-0.2, 0) is 16.6 Å². The second-order valence-electron chi connectivity index (χ2n) is 13.2. The van der Waals surface area contributed by atoms with Gasteiger partial charge in [-0.3, -0.25) is 24.2 Å². The largest absolute Gasteiger partial charge is 0.377 e. The number of likely N-dealkylation sites (N-methyl/N-ethyl adjacent to an activating group) is 1. The summed E-state index contributed by atoms with van der Waals surface area (Å²) < 4.78 is 8.16. The number of rotatable bonds is 11. The lowest BCUT2D eigenvalue weighted by molar-refractivity contribution is -0.942. The predicted molar refractivity (Wildman–Crippen MR) is 178 cm³/mol. The first-order valence-corrected chi connectivity index (χ1v) is 16.3. The van der Waals surface area contributed by atoms with Crippen LogP contribution in [0, 0.1) is 6.92 Å². The van der Waals surface area contributed by atoms with E-state index in [0.717, 1.165) is 55.7 Å². The first-order valence-electron chi connectivity index (χ1n) is 16.3. The Hall–Kier alpha value is -3.60. The first kappa shape index (κ1) is 32.8. The fraction of sp³-hybridized carbons (Fsp3) is 0.543.